The second-order valence-electron chi connectivity index (χ2n) is 6.55. The molecular weight excluding hydrogens is 232 g/mol. The fourth-order valence-electron chi connectivity index (χ4n) is 2.13. The SMILES string of the molecule is CNCCN(C)CCc1cc(C(C)(C)C)ccc1C. The zero-order valence-corrected chi connectivity index (χ0v) is 13.5. The van der Waals surface area contributed by atoms with Crippen molar-refractivity contribution in [3.8, 4) is 0 Å². The Morgan fingerprint density at radius 2 is 1.84 bits per heavy atom. The van der Waals surface area contributed by atoms with E-state index in [-0.39, 0.29) is 5.41 Å². The van der Waals surface area contributed by atoms with Gasteiger partial charge in [-0.2, -0.15) is 0 Å². The fourth-order valence-corrected chi connectivity index (χ4v) is 2.13. The number of hydrogen-bond donors (Lipinski definition) is 1. The Hall–Kier alpha value is -0.860. The van der Waals surface area contributed by atoms with E-state index in [4.69, 9.17) is 0 Å². The third-order valence-electron chi connectivity index (χ3n) is 3.72. The van der Waals surface area contributed by atoms with Crippen molar-refractivity contribution in [3.05, 3.63) is 34.9 Å². The van der Waals surface area contributed by atoms with Gasteiger partial charge < -0.3 is 10.2 Å². The molecule has 0 fully saturated rings. The molecule has 0 bridgehead atoms. The standard InChI is InChI=1S/C17H30N2/c1-14-7-8-16(17(2,3)4)13-15(14)9-11-19(6)12-10-18-5/h7-8,13,18H,9-12H2,1-6H3. The van der Waals surface area contributed by atoms with Gasteiger partial charge in [-0.1, -0.05) is 39.0 Å². The molecule has 0 amide bonds. The average molecular weight is 262 g/mol. The van der Waals surface area contributed by atoms with Crippen LogP contribution in [-0.2, 0) is 11.8 Å². The van der Waals surface area contributed by atoms with Gasteiger partial charge in [-0.15, -0.1) is 0 Å². The van der Waals surface area contributed by atoms with Gasteiger partial charge >= 0.3 is 0 Å². The number of aryl methyl sites for hydroxylation is 1. The predicted octanol–water partition coefficient (Wildman–Crippen LogP) is 2.99. The summed E-state index contributed by atoms with van der Waals surface area (Å²) in [7, 11) is 4.20. The zero-order chi connectivity index (χ0) is 14.5. The van der Waals surface area contributed by atoms with E-state index in [9.17, 15) is 0 Å². The molecule has 0 aliphatic rings. The summed E-state index contributed by atoms with van der Waals surface area (Å²) in [5, 5.41) is 3.20. The molecule has 19 heavy (non-hydrogen) atoms. The van der Waals surface area contributed by atoms with Gasteiger partial charge in [0.25, 0.3) is 0 Å². The Balaban J connectivity index is 2.67. The third kappa shape index (κ3) is 5.33. The normalized spacial score (nSPS) is 12.2. The third-order valence-corrected chi connectivity index (χ3v) is 3.72. The van der Waals surface area contributed by atoms with Crippen LogP contribution >= 0.6 is 0 Å². The van der Waals surface area contributed by atoms with Gasteiger partial charge in [0.05, 0.1) is 0 Å². The zero-order valence-electron chi connectivity index (χ0n) is 13.5. The molecule has 0 aliphatic carbocycles. The van der Waals surface area contributed by atoms with Gasteiger partial charge in [0, 0.05) is 19.6 Å². The summed E-state index contributed by atoms with van der Waals surface area (Å²) in [6, 6.07) is 6.92. The Bertz CT molecular complexity index is 391. The van der Waals surface area contributed by atoms with Crippen molar-refractivity contribution in [2.45, 2.75) is 39.5 Å². The van der Waals surface area contributed by atoms with Crippen LogP contribution in [0.2, 0.25) is 0 Å². The minimum atomic E-state index is 0.237. The Morgan fingerprint density at radius 3 is 2.42 bits per heavy atom. The van der Waals surface area contributed by atoms with Crippen LogP contribution in [0.25, 0.3) is 0 Å². The molecule has 0 aliphatic heterocycles. The van der Waals surface area contributed by atoms with E-state index in [1.54, 1.807) is 0 Å². The minimum Gasteiger partial charge on any atom is -0.318 e. The van der Waals surface area contributed by atoms with Crippen LogP contribution in [0.4, 0.5) is 0 Å². The average Bonchev–Trinajstić information content (AvgIpc) is 2.33. The maximum atomic E-state index is 3.20. The maximum absolute atomic E-state index is 3.20. The summed E-state index contributed by atoms with van der Waals surface area (Å²) in [6.45, 7) is 12.3. The summed E-state index contributed by atoms with van der Waals surface area (Å²) in [4.78, 5) is 2.39. The van der Waals surface area contributed by atoms with E-state index >= 15 is 0 Å². The monoisotopic (exact) mass is 262 g/mol. The molecule has 0 atom stereocenters. The van der Waals surface area contributed by atoms with Gasteiger partial charge in [-0.05, 0) is 49.5 Å². The molecule has 0 saturated carbocycles. The first-order valence-corrected chi connectivity index (χ1v) is 7.27. The lowest BCUT2D eigenvalue weighted by Gasteiger charge is -2.22. The quantitative estimate of drug-likeness (QED) is 0.848. The van der Waals surface area contributed by atoms with Crippen molar-refractivity contribution in [2.24, 2.45) is 0 Å². The molecule has 1 rings (SSSR count). The number of likely N-dealkylation sites (N-methyl/N-ethyl adjacent to an activating group) is 2. The molecule has 0 unspecified atom stereocenters. The lowest BCUT2D eigenvalue weighted by atomic mass is 9.85. The first kappa shape index (κ1) is 16.2. The Kier molecular flexibility index (Phi) is 6.02. The van der Waals surface area contributed by atoms with Gasteiger partial charge in [-0.25, -0.2) is 0 Å². The maximum Gasteiger partial charge on any atom is 0.0104 e. The molecule has 0 saturated heterocycles. The summed E-state index contributed by atoms with van der Waals surface area (Å²) in [5.74, 6) is 0. The van der Waals surface area contributed by atoms with Gasteiger partial charge in [-0.3, -0.25) is 0 Å². The van der Waals surface area contributed by atoms with Crippen LogP contribution in [-0.4, -0.2) is 38.6 Å². The first-order chi connectivity index (χ1) is 8.84. The van der Waals surface area contributed by atoms with E-state index in [0.29, 0.717) is 0 Å². The van der Waals surface area contributed by atoms with E-state index in [2.05, 4.69) is 63.2 Å². The summed E-state index contributed by atoms with van der Waals surface area (Å²) >= 11 is 0. The number of nitrogens with one attached hydrogen (secondary N) is 1. The van der Waals surface area contributed by atoms with Crippen LogP contribution in [0.15, 0.2) is 18.2 Å². The van der Waals surface area contributed by atoms with Crippen molar-refractivity contribution in [1.29, 1.82) is 0 Å². The molecule has 2 heteroatoms. The predicted molar refractivity (Wildman–Crippen MR) is 85.0 cm³/mol. The molecule has 1 aromatic carbocycles. The minimum absolute atomic E-state index is 0.237. The van der Waals surface area contributed by atoms with Crippen molar-refractivity contribution in [3.63, 3.8) is 0 Å². The van der Waals surface area contributed by atoms with Crippen LogP contribution in [0.3, 0.4) is 0 Å². The topological polar surface area (TPSA) is 15.3 Å². The number of benzene rings is 1. The highest BCUT2D eigenvalue weighted by Crippen LogP contribution is 2.24. The van der Waals surface area contributed by atoms with Crippen LogP contribution in [0.5, 0.6) is 0 Å². The molecular formula is C17H30N2. The molecule has 0 heterocycles. The molecule has 0 spiro atoms. The van der Waals surface area contributed by atoms with Gasteiger partial charge in [0.1, 0.15) is 0 Å². The molecule has 1 aromatic rings. The van der Waals surface area contributed by atoms with Crippen LogP contribution < -0.4 is 5.32 Å². The van der Waals surface area contributed by atoms with Crippen LogP contribution in [0.1, 0.15) is 37.5 Å². The number of hydrogen-bond acceptors (Lipinski definition) is 2. The molecule has 2 nitrogen and oxygen atoms in total. The number of rotatable bonds is 6. The second kappa shape index (κ2) is 7.06. The van der Waals surface area contributed by atoms with Crippen molar-refractivity contribution >= 4 is 0 Å². The van der Waals surface area contributed by atoms with Gasteiger partial charge in [0.15, 0.2) is 0 Å². The highest BCUT2D eigenvalue weighted by molar-refractivity contribution is 5.34. The van der Waals surface area contributed by atoms with E-state index in [0.717, 1.165) is 26.1 Å². The molecule has 0 aromatic heterocycles. The van der Waals surface area contributed by atoms with Gasteiger partial charge in [0.2, 0.25) is 0 Å². The largest absolute Gasteiger partial charge is 0.318 e. The molecule has 1 N–H and O–H groups in total. The number of nitrogens with zero attached hydrogens (tertiary/aromatic N) is 1. The van der Waals surface area contributed by atoms with E-state index in [1.165, 1.54) is 16.7 Å². The van der Waals surface area contributed by atoms with Crippen LogP contribution in [0, 0.1) is 6.92 Å². The fraction of sp³-hybridized carbons (Fsp3) is 0.647. The highest BCUT2D eigenvalue weighted by Gasteiger charge is 2.14. The molecule has 108 valence electrons. The smallest absolute Gasteiger partial charge is 0.0104 e. The second-order valence-corrected chi connectivity index (χ2v) is 6.55. The lowest BCUT2D eigenvalue weighted by Crippen LogP contribution is -2.29. The first-order valence-electron chi connectivity index (χ1n) is 7.27. The highest BCUT2D eigenvalue weighted by atomic mass is 15.1. The van der Waals surface area contributed by atoms with Crippen molar-refractivity contribution < 1.29 is 0 Å². The lowest BCUT2D eigenvalue weighted by molar-refractivity contribution is 0.339. The Morgan fingerprint density at radius 1 is 1.16 bits per heavy atom. The van der Waals surface area contributed by atoms with E-state index in [1.807, 2.05) is 7.05 Å². The summed E-state index contributed by atoms with van der Waals surface area (Å²) in [5.41, 5.74) is 4.57. The summed E-state index contributed by atoms with van der Waals surface area (Å²) in [6.07, 6.45) is 1.13. The summed E-state index contributed by atoms with van der Waals surface area (Å²) < 4.78 is 0. The van der Waals surface area contributed by atoms with Crippen molar-refractivity contribution in [2.75, 3.05) is 33.7 Å². The van der Waals surface area contributed by atoms with Crippen molar-refractivity contribution in [1.82, 2.24) is 10.2 Å². The molecule has 0 radical (unpaired) electrons. The van der Waals surface area contributed by atoms with E-state index < -0.39 is 0 Å². The Labute approximate surface area is 119 Å².